The third-order valence-electron chi connectivity index (χ3n) is 2.87. The van der Waals surface area contributed by atoms with Gasteiger partial charge in [-0.1, -0.05) is 38.9 Å². The van der Waals surface area contributed by atoms with E-state index in [1.165, 1.54) is 11.3 Å². The van der Waals surface area contributed by atoms with E-state index in [0.717, 1.165) is 27.7 Å². The average Bonchev–Trinajstić information content (AvgIpc) is 2.80. The first-order chi connectivity index (χ1) is 12.7. The van der Waals surface area contributed by atoms with Gasteiger partial charge in [-0.2, -0.15) is 4.57 Å². The van der Waals surface area contributed by atoms with Crippen LogP contribution in [-0.4, -0.2) is 46.5 Å². The smallest absolute Gasteiger partial charge is 0.299 e. The van der Waals surface area contributed by atoms with E-state index in [2.05, 4.69) is 15.9 Å². The molecule has 2 rings (SSSR count). The molecule has 1 aromatic heterocycles. The lowest BCUT2D eigenvalue weighted by atomic mass is 10.3. The van der Waals surface area contributed by atoms with E-state index in [1.807, 2.05) is 17.7 Å². The molecule has 0 unspecified atom stereocenters. The number of aryl methyl sites for hydroxylation is 1. The van der Waals surface area contributed by atoms with Gasteiger partial charge in [0.2, 0.25) is 43.0 Å². The van der Waals surface area contributed by atoms with Crippen molar-refractivity contribution < 1.29 is 48.0 Å². The van der Waals surface area contributed by atoms with Crippen molar-refractivity contribution in [2.45, 2.75) is 13.5 Å². The maximum Gasteiger partial charge on any atom is 0.299 e. The lowest BCUT2D eigenvalue weighted by Gasteiger charge is -1.99. The Hall–Kier alpha value is -0.800. The van der Waals surface area contributed by atoms with Crippen LogP contribution in [0, 0.1) is 6.92 Å². The minimum absolute atomic E-state index is 0. The van der Waals surface area contributed by atoms with Crippen LogP contribution in [0.2, 0.25) is 5.02 Å². The fourth-order valence-electron chi connectivity index (χ4n) is 1.98. The molecule has 0 saturated carbocycles. The van der Waals surface area contributed by atoms with Crippen molar-refractivity contribution in [2.24, 2.45) is 0 Å². The van der Waals surface area contributed by atoms with Gasteiger partial charge in [0.15, 0.2) is 0 Å². The van der Waals surface area contributed by atoms with E-state index in [0.29, 0.717) is 5.02 Å². The molecule has 0 aliphatic heterocycles. The second-order valence-electron chi connectivity index (χ2n) is 5.55. The first kappa shape index (κ1) is 28.2. The van der Waals surface area contributed by atoms with Gasteiger partial charge in [-0.15, -0.1) is 0 Å². The molecule has 2 amide bonds. The SMILES string of the molecule is CS(=O)(=O)NC(=O)CBr.Cc1sc2ccc(Cl)cc2[n+]1CC(=O)NS(C)(=O)=O.[Br-]. The van der Waals surface area contributed by atoms with E-state index in [1.54, 1.807) is 21.4 Å². The van der Waals surface area contributed by atoms with E-state index < -0.39 is 31.9 Å². The summed E-state index contributed by atoms with van der Waals surface area (Å²) in [7, 11) is -6.90. The van der Waals surface area contributed by atoms with Crippen molar-refractivity contribution in [3.8, 4) is 0 Å². The Bertz CT molecular complexity index is 1100. The van der Waals surface area contributed by atoms with Crippen LogP contribution < -0.4 is 31.0 Å². The number of benzene rings is 1. The number of nitrogens with one attached hydrogen (secondary N) is 2. The maximum absolute atomic E-state index is 11.7. The zero-order valence-electron chi connectivity index (χ0n) is 15.4. The van der Waals surface area contributed by atoms with Gasteiger partial charge < -0.3 is 17.0 Å². The second kappa shape index (κ2) is 11.6. The number of carbonyl (C=O) groups excluding carboxylic acids is 2. The summed E-state index contributed by atoms with van der Waals surface area (Å²) in [5.74, 6) is -1.13. The molecule has 2 aromatic rings. The lowest BCUT2D eigenvalue weighted by molar-refractivity contribution is -0.660. The number of rotatable bonds is 5. The van der Waals surface area contributed by atoms with Crippen molar-refractivity contribution in [3.05, 3.63) is 28.2 Å². The molecule has 0 fully saturated rings. The fourth-order valence-corrected chi connectivity index (χ4v) is 4.44. The van der Waals surface area contributed by atoms with Crippen molar-refractivity contribution in [1.82, 2.24) is 9.44 Å². The van der Waals surface area contributed by atoms with Crippen LogP contribution in [0.15, 0.2) is 18.2 Å². The fraction of sp³-hybridized carbons (Fsp3) is 0.357. The van der Waals surface area contributed by atoms with Crippen molar-refractivity contribution in [2.75, 3.05) is 17.8 Å². The predicted octanol–water partition coefficient (Wildman–Crippen LogP) is -2.31. The highest BCUT2D eigenvalue weighted by Crippen LogP contribution is 2.23. The summed E-state index contributed by atoms with van der Waals surface area (Å²) < 4.78 is 49.0. The minimum atomic E-state index is -3.54. The maximum atomic E-state index is 11.7. The first-order valence-corrected chi connectivity index (χ1v) is 13.5. The topological polar surface area (TPSA) is 130 Å². The monoisotopic (exact) mass is 613 g/mol. The molecule has 29 heavy (non-hydrogen) atoms. The number of nitrogens with zero attached hydrogens (tertiary/aromatic N) is 1. The molecule has 0 atom stereocenters. The molecule has 0 spiro atoms. The Labute approximate surface area is 196 Å². The summed E-state index contributed by atoms with van der Waals surface area (Å²) >= 11 is 10.3. The highest BCUT2D eigenvalue weighted by Gasteiger charge is 2.22. The number of thiazole rings is 1. The summed E-state index contributed by atoms with van der Waals surface area (Å²) in [5.41, 5.74) is 0.818. The van der Waals surface area contributed by atoms with E-state index in [9.17, 15) is 26.4 Å². The van der Waals surface area contributed by atoms with Crippen LogP contribution in [0.3, 0.4) is 0 Å². The Morgan fingerprint density at radius 2 is 1.62 bits per heavy atom. The van der Waals surface area contributed by atoms with E-state index >= 15 is 0 Å². The first-order valence-electron chi connectivity index (χ1n) is 7.37. The molecule has 0 aliphatic rings. The molecule has 1 heterocycles. The van der Waals surface area contributed by atoms with Gasteiger partial charge in [-0.05, 0) is 12.1 Å². The quantitative estimate of drug-likeness (QED) is 0.287. The van der Waals surface area contributed by atoms with Gasteiger partial charge in [0.25, 0.3) is 5.91 Å². The summed E-state index contributed by atoms with van der Waals surface area (Å²) in [6, 6.07) is 5.41. The summed E-state index contributed by atoms with van der Waals surface area (Å²) in [5, 5.41) is 1.48. The molecule has 2 N–H and O–H groups in total. The summed E-state index contributed by atoms with van der Waals surface area (Å²) in [4.78, 5) is 22.0. The number of amides is 2. The van der Waals surface area contributed by atoms with Crippen molar-refractivity contribution in [3.63, 3.8) is 0 Å². The third-order valence-corrected chi connectivity index (χ3v) is 5.89. The Morgan fingerprint density at radius 3 is 2.07 bits per heavy atom. The van der Waals surface area contributed by atoms with Crippen LogP contribution in [0.4, 0.5) is 0 Å². The van der Waals surface area contributed by atoms with Crippen LogP contribution in [0.5, 0.6) is 0 Å². The highest BCUT2D eigenvalue weighted by molar-refractivity contribution is 9.09. The number of halogens is 3. The van der Waals surface area contributed by atoms with Crippen LogP contribution in [-0.2, 0) is 36.2 Å². The summed E-state index contributed by atoms with van der Waals surface area (Å²) in [6.07, 6.45) is 1.87. The standard InChI is InChI=1S/C11H11ClN2O3S2.C3H6BrNO3S.BrH/c1-7-14(6-11(15)13-19(2,16)17)9-5-8(12)3-4-10(9)18-7;1-9(7,8)5-3(6)2-4;/h3-5H,6H2,1-2H3;2H2,1H3,(H,5,6);1H. The Kier molecular flexibility index (Phi) is 11.2. The number of sulfonamides is 2. The highest BCUT2D eigenvalue weighted by atomic mass is 79.9. The minimum Gasteiger partial charge on any atom is -1.00 e. The largest absolute Gasteiger partial charge is 1.00 e. The van der Waals surface area contributed by atoms with E-state index in [4.69, 9.17) is 11.6 Å². The lowest BCUT2D eigenvalue weighted by Crippen LogP contribution is -3.00. The van der Waals surface area contributed by atoms with Gasteiger partial charge in [0.1, 0.15) is 4.70 Å². The zero-order chi connectivity index (χ0) is 21.7. The number of aromatic nitrogens is 1. The Balaban J connectivity index is 0.000000672. The van der Waals surface area contributed by atoms with E-state index in [-0.39, 0.29) is 28.9 Å². The van der Waals surface area contributed by atoms with Crippen LogP contribution in [0.25, 0.3) is 10.2 Å². The summed E-state index contributed by atoms with van der Waals surface area (Å²) in [6.45, 7) is 1.81. The van der Waals surface area contributed by atoms with Gasteiger partial charge in [0.05, 0.1) is 17.8 Å². The molecule has 9 nitrogen and oxygen atoms in total. The number of carbonyl (C=O) groups is 2. The third kappa shape index (κ3) is 10.7. The normalized spacial score (nSPS) is 11.1. The molecule has 0 bridgehead atoms. The van der Waals surface area contributed by atoms with Gasteiger partial charge >= 0.3 is 0 Å². The molecule has 1 aromatic carbocycles. The van der Waals surface area contributed by atoms with Gasteiger partial charge in [-0.25, -0.2) is 21.6 Å². The molecular weight excluding hydrogens is 598 g/mol. The number of hydrogen-bond acceptors (Lipinski definition) is 7. The molecule has 15 heteroatoms. The van der Waals surface area contributed by atoms with Crippen molar-refractivity contribution in [1.29, 1.82) is 0 Å². The molecule has 0 radical (unpaired) electrons. The van der Waals surface area contributed by atoms with Gasteiger partial charge in [0, 0.05) is 18.0 Å². The molecule has 0 saturated heterocycles. The zero-order valence-corrected chi connectivity index (χ0v) is 21.8. The van der Waals surface area contributed by atoms with Crippen molar-refractivity contribution >= 4 is 80.9 Å². The number of alkyl halides is 1. The second-order valence-corrected chi connectivity index (χ2v) is 11.3. The molecule has 164 valence electrons. The number of hydrogen-bond donors (Lipinski definition) is 2. The van der Waals surface area contributed by atoms with Crippen LogP contribution in [0.1, 0.15) is 5.01 Å². The predicted molar refractivity (Wildman–Crippen MR) is 112 cm³/mol. The molecule has 0 aliphatic carbocycles. The van der Waals surface area contributed by atoms with Gasteiger partial charge in [-0.3, -0.25) is 14.3 Å². The van der Waals surface area contributed by atoms with Crippen LogP contribution >= 0.6 is 38.9 Å². The number of fused-ring (bicyclic) bond motifs is 1. The molecular formula is C14H18Br2ClN3O6S3. The Morgan fingerprint density at radius 1 is 1.10 bits per heavy atom. The average molecular weight is 616 g/mol.